The molecule has 0 saturated heterocycles. The maximum absolute atomic E-state index is 13.8. The summed E-state index contributed by atoms with van der Waals surface area (Å²) in [5.74, 6) is -0.555. The lowest BCUT2D eigenvalue weighted by atomic mass is 9.84. The molecule has 2 aromatic rings. The zero-order chi connectivity index (χ0) is 33.3. The average Bonchev–Trinajstić information content (AvgIpc) is 3.87. The van der Waals surface area contributed by atoms with Crippen LogP contribution in [0.1, 0.15) is 69.4 Å². The molecule has 2 aliphatic rings. The van der Waals surface area contributed by atoms with Crippen LogP contribution in [-0.2, 0) is 19.6 Å². The molecule has 2 amide bonds. The van der Waals surface area contributed by atoms with Gasteiger partial charge in [-0.1, -0.05) is 72.8 Å². The zero-order valence-electron chi connectivity index (χ0n) is 27.0. The number of nitrogens with one attached hydrogen (secondary N) is 2. The lowest BCUT2D eigenvalue weighted by molar-refractivity contribution is -0.124. The standard InChI is InChI=1S/C35H48N4O6S/c1-25(11-10-16-29(24-40)39(23-26-17-18-26)46(43,44)30-19-21-35(2,36)22-20-30)37-33(41)32(38-34(42)45-3)31(27-12-6-4-7-13-27)28-14-8-5-9-15-28/h4-9,12-15,19-21,25-26,29,31-32,40H,10-11,16-18,22-24,36H2,1-3H3,(H,37,41)(H,38,42)/t25-,29-,32-,35?/m0/s1. The minimum absolute atomic E-state index is 0.214. The van der Waals surface area contributed by atoms with Crippen LogP contribution in [0.25, 0.3) is 0 Å². The first-order chi connectivity index (χ1) is 21.9. The third-order valence-corrected chi connectivity index (χ3v) is 10.6. The number of rotatable bonds is 16. The van der Waals surface area contributed by atoms with Crippen LogP contribution in [-0.4, -0.2) is 73.8 Å². The largest absolute Gasteiger partial charge is 0.453 e. The van der Waals surface area contributed by atoms with Gasteiger partial charge < -0.3 is 26.2 Å². The van der Waals surface area contributed by atoms with Crippen LogP contribution in [0.3, 0.4) is 0 Å². The molecule has 0 heterocycles. The Balaban J connectivity index is 1.44. The number of carbonyl (C=O) groups is 2. The molecular weight excluding hydrogens is 604 g/mol. The first kappa shape index (κ1) is 35.3. The number of aliphatic hydroxyl groups is 1. The summed E-state index contributed by atoms with van der Waals surface area (Å²) in [7, 11) is -2.57. The molecule has 0 bridgehead atoms. The number of hydrogen-bond donors (Lipinski definition) is 4. The molecule has 1 fully saturated rings. The molecule has 11 heteroatoms. The fourth-order valence-electron chi connectivity index (χ4n) is 5.83. The molecule has 4 atom stereocenters. The van der Waals surface area contributed by atoms with Crippen molar-refractivity contribution in [2.24, 2.45) is 11.7 Å². The summed E-state index contributed by atoms with van der Waals surface area (Å²) in [5.41, 5.74) is 7.28. The van der Waals surface area contributed by atoms with E-state index >= 15 is 0 Å². The molecule has 10 nitrogen and oxygen atoms in total. The highest BCUT2D eigenvalue weighted by Crippen LogP contribution is 2.34. The van der Waals surface area contributed by atoms with Gasteiger partial charge >= 0.3 is 6.09 Å². The van der Waals surface area contributed by atoms with Gasteiger partial charge in [0.05, 0.1) is 18.6 Å². The number of aliphatic hydroxyl groups excluding tert-OH is 1. The number of alkyl carbamates (subject to hydrolysis) is 1. The molecule has 0 aromatic heterocycles. The molecule has 46 heavy (non-hydrogen) atoms. The minimum atomic E-state index is -3.83. The average molecular weight is 653 g/mol. The predicted octanol–water partition coefficient (Wildman–Crippen LogP) is 4.18. The Kier molecular flexibility index (Phi) is 12.2. The van der Waals surface area contributed by atoms with E-state index in [1.165, 1.54) is 11.4 Å². The Bertz CT molecular complexity index is 1440. The maximum Gasteiger partial charge on any atom is 0.407 e. The normalized spacial score (nSPS) is 20.1. The van der Waals surface area contributed by atoms with Crippen LogP contribution in [0, 0.1) is 5.92 Å². The van der Waals surface area contributed by atoms with Crippen molar-refractivity contribution in [1.29, 1.82) is 0 Å². The lowest BCUT2D eigenvalue weighted by Crippen LogP contribution is -2.52. The van der Waals surface area contributed by atoms with Gasteiger partial charge in [0.2, 0.25) is 15.9 Å². The summed E-state index contributed by atoms with van der Waals surface area (Å²) in [6.07, 6.45) is 8.12. The van der Waals surface area contributed by atoms with E-state index in [1.54, 1.807) is 18.2 Å². The van der Waals surface area contributed by atoms with Gasteiger partial charge in [-0.25, -0.2) is 13.2 Å². The molecule has 0 aliphatic heterocycles. The first-order valence-electron chi connectivity index (χ1n) is 16.0. The van der Waals surface area contributed by atoms with E-state index in [-0.39, 0.29) is 29.4 Å². The SMILES string of the molecule is COC(=O)N[C@H](C(=O)N[C@@H](C)CCC[C@@H](CO)N(CC1CC1)S(=O)(=O)C1=CCC(C)(N)C=C1)C(c1ccccc1)c1ccccc1. The quantitative estimate of drug-likeness (QED) is 0.212. The molecule has 5 N–H and O–H groups in total. The number of hydrogen-bond acceptors (Lipinski definition) is 7. The van der Waals surface area contributed by atoms with Crippen LogP contribution in [0.15, 0.2) is 83.8 Å². The van der Waals surface area contributed by atoms with E-state index in [0.717, 1.165) is 24.0 Å². The third-order valence-electron chi connectivity index (χ3n) is 8.69. The van der Waals surface area contributed by atoms with Crippen molar-refractivity contribution in [1.82, 2.24) is 14.9 Å². The summed E-state index contributed by atoms with van der Waals surface area (Å²) in [6.45, 7) is 3.78. The fraction of sp³-hybridized carbons (Fsp3) is 0.486. The number of allylic oxidation sites excluding steroid dienone is 1. The van der Waals surface area contributed by atoms with E-state index in [2.05, 4.69) is 10.6 Å². The molecule has 250 valence electrons. The van der Waals surface area contributed by atoms with Gasteiger partial charge in [-0.3, -0.25) is 4.79 Å². The molecule has 4 rings (SSSR count). The fourth-order valence-corrected chi connectivity index (χ4v) is 7.61. The zero-order valence-corrected chi connectivity index (χ0v) is 27.8. The molecule has 0 spiro atoms. The van der Waals surface area contributed by atoms with Gasteiger partial charge in [0.15, 0.2) is 0 Å². The number of amides is 2. The van der Waals surface area contributed by atoms with Crippen molar-refractivity contribution >= 4 is 22.0 Å². The molecular formula is C35H48N4O6S. The summed E-state index contributed by atoms with van der Waals surface area (Å²) in [5, 5.41) is 16.2. The summed E-state index contributed by atoms with van der Waals surface area (Å²) in [6, 6.07) is 17.2. The molecule has 1 saturated carbocycles. The van der Waals surface area contributed by atoms with E-state index in [9.17, 15) is 23.1 Å². The number of ether oxygens (including phenoxy) is 1. The van der Waals surface area contributed by atoms with Gasteiger partial charge in [-0.15, -0.1) is 0 Å². The van der Waals surface area contributed by atoms with Crippen LogP contribution >= 0.6 is 0 Å². The van der Waals surface area contributed by atoms with Gasteiger partial charge in [-0.2, -0.15) is 4.31 Å². The lowest BCUT2D eigenvalue weighted by Gasteiger charge is -2.32. The van der Waals surface area contributed by atoms with E-state index in [1.807, 2.05) is 74.5 Å². The third kappa shape index (κ3) is 9.51. The topological polar surface area (TPSA) is 151 Å². The molecule has 2 aliphatic carbocycles. The smallest absolute Gasteiger partial charge is 0.407 e. The molecule has 1 unspecified atom stereocenters. The van der Waals surface area contributed by atoms with Crippen LogP contribution < -0.4 is 16.4 Å². The Labute approximate surface area is 273 Å². The molecule has 0 radical (unpaired) electrons. The monoisotopic (exact) mass is 652 g/mol. The second-order valence-electron chi connectivity index (χ2n) is 12.8. The van der Waals surface area contributed by atoms with Crippen molar-refractivity contribution in [3.05, 3.63) is 94.9 Å². The number of methoxy groups -OCH3 is 1. The number of nitrogens with two attached hydrogens (primary N) is 1. The highest BCUT2D eigenvalue weighted by molar-refractivity contribution is 7.93. The van der Waals surface area contributed by atoms with Crippen molar-refractivity contribution in [2.75, 3.05) is 20.3 Å². The van der Waals surface area contributed by atoms with Crippen LogP contribution in [0.5, 0.6) is 0 Å². The predicted molar refractivity (Wildman–Crippen MR) is 179 cm³/mol. The first-order valence-corrected chi connectivity index (χ1v) is 17.4. The van der Waals surface area contributed by atoms with Crippen molar-refractivity contribution in [3.8, 4) is 0 Å². The second-order valence-corrected chi connectivity index (χ2v) is 14.6. The molecule has 2 aromatic carbocycles. The number of sulfonamides is 1. The summed E-state index contributed by atoms with van der Waals surface area (Å²) < 4.78 is 33.8. The Hall–Kier alpha value is -3.51. The summed E-state index contributed by atoms with van der Waals surface area (Å²) >= 11 is 0. The van der Waals surface area contributed by atoms with Crippen molar-refractivity contribution < 1.29 is 27.9 Å². The Morgan fingerprint density at radius 3 is 2.15 bits per heavy atom. The highest BCUT2D eigenvalue weighted by atomic mass is 32.2. The number of benzene rings is 2. The number of carbonyl (C=O) groups excluding carboxylic acids is 2. The number of nitrogens with zero attached hydrogens (tertiary/aromatic N) is 1. The maximum atomic E-state index is 13.8. The van der Waals surface area contributed by atoms with E-state index in [4.69, 9.17) is 10.5 Å². The van der Waals surface area contributed by atoms with Crippen LogP contribution in [0.4, 0.5) is 4.79 Å². The van der Waals surface area contributed by atoms with E-state index in [0.29, 0.717) is 32.2 Å². The highest BCUT2D eigenvalue weighted by Gasteiger charge is 2.38. The van der Waals surface area contributed by atoms with Gasteiger partial charge in [0, 0.05) is 30.1 Å². The van der Waals surface area contributed by atoms with Gasteiger partial charge in [0.1, 0.15) is 6.04 Å². The summed E-state index contributed by atoms with van der Waals surface area (Å²) in [4.78, 5) is 26.4. The van der Waals surface area contributed by atoms with E-state index < -0.39 is 39.7 Å². The Morgan fingerprint density at radius 1 is 1.04 bits per heavy atom. The Morgan fingerprint density at radius 2 is 1.65 bits per heavy atom. The van der Waals surface area contributed by atoms with Gasteiger partial charge in [-0.05, 0) is 75.5 Å². The van der Waals surface area contributed by atoms with Crippen LogP contribution in [0.2, 0.25) is 0 Å². The minimum Gasteiger partial charge on any atom is -0.453 e. The van der Waals surface area contributed by atoms with Crippen molar-refractivity contribution in [3.63, 3.8) is 0 Å². The second kappa shape index (κ2) is 15.9. The van der Waals surface area contributed by atoms with Gasteiger partial charge in [0.25, 0.3) is 0 Å². The van der Waals surface area contributed by atoms with Crippen molar-refractivity contribution in [2.45, 2.75) is 82.0 Å².